The summed E-state index contributed by atoms with van der Waals surface area (Å²) in [6, 6.07) is 18.1. The van der Waals surface area contributed by atoms with Crippen molar-refractivity contribution in [2.75, 3.05) is 19.0 Å². The molecule has 0 aliphatic carbocycles. The molecule has 190 valence electrons. The molecule has 1 aliphatic rings. The van der Waals surface area contributed by atoms with Gasteiger partial charge in [-0.05, 0) is 88.0 Å². The van der Waals surface area contributed by atoms with Crippen LogP contribution in [0.1, 0.15) is 11.1 Å². The molecule has 0 aromatic heterocycles. The van der Waals surface area contributed by atoms with Gasteiger partial charge in [-0.25, -0.2) is 0 Å². The summed E-state index contributed by atoms with van der Waals surface area (Å²) in [6.07, 6.45) is 1.60. The molecule has 0 saturated carbocycles. The molecule has 3 aromatic rings. The molecule has 1 heterocycles. The quantitative estimate of drug-likeness (QED) is 0.201. The standard InChI is InChI=1S/C26H19BrClIN2O5S/c1-35-21-11-16(10-19(29)24(21)36-14-15-6-8-17(27)9-7-15)12-22-25(33)31(26(34)37-22)13-23(32)30-20-5-3-2-4-18(20)28/h2-12H,13-14H2,1H3,(H,30,32)/b22-12+. The van der Waals surface area contributed by atoms with Crippen LogP contribution in [0.5, 0.6) is 11.5 Å². The Kier molecular flexibility index (Phi) is 9.17. The summed E-state index contributed by atoms with van der Waals surface area (Å²) in [6.45, 7) is -0.0644. The molecule has 0 spiro atoms. The van der Waals surface area contributed by atoms with Crippen LogP contribution >= 0.6 is 61.9 Å². The second-order valence-electron chi connectivity index (χ2n) is 7.75. The molecule has 3 aromatic carbocycles. The van der Waals surface area contributed by atoms with Crippen LogP contribution in [-0.4, -0.2) is 35.6 Å². The Morgan fingerprint density at radius 2 is 1.89 bits per heavy atom. The highest BCUT2D eigenvalue weighted by molar-refractivity contribution is 14.1. The van der Waals surface area contributed by atoms with E-state index in [0.717, 1.165) is 30.3 Å². The molecule has 0 bridgehead atoms. The topological polar surface area (TPSA) is 84.9 Å². The minimum absolute atomic E-state index is 0.205. The van der Waals surface area contributed by atoms with Crippen LogP contribution in [-0.2, 0) is 16.2 Å². The predicted octanol–water partition coefficient (Wildman–Crippen LogP) is 6.97. The van der Waals surface area contributed by atoms with Crippen molar-refractivity contribution in [3.05, 3.63) is 89.8 Å². The van der Waals surface area contributed by atoms with Crippen LogP contribution in [0.4, 0.5) is 10.5 Å². The number of rotatable bonds is 8. The van der Waals surface area contributed by atoms with E-state index in [1.54, 1.807) is 36.4 Å². The summed E-state index contributed by atoms with van der Waals surface area (Å²) in [5, 5.41) is 2.45. The fraction of sp³-hybridized carbons (Fsp3) is 0.115. The Hall–Kier alpha value is -2.54. The van der Waals surface area contributed by atoms with Crippen LogP contribution in [0.2, 0.25) is 5.02 Å². The van der Waals surface area contributed by atoms with E-state index >= 15 is 0 Å². The average Bonchev–Trinajstić information content (AvgIpc) is 3.12. The fourth-order valence-corrected chi connectivity index (χ4v) is 5.45. The maximum absolute atomic E-state index is 12.9. The van der Waals surface area contributed by atoms with Crippen molar-refractivity contribution in [2.45, 2.75) is 6.61 Å². The number of hydrogen-bond acceptors (Lipinski definition) is 6. The maximum Gasteiger partial charge on any atom is 0.294 e. The number of amides is 3. The fourth-order valence-electron chi connectivity index (χ4n) is 3.38. The van der Waals surface area contributed by atoms with Crippen molar-refractivity contribution in [3.8, 4) is 11.5 Å². The van der Waals surface area contributed by atoms with E-state index < -0.39 is 23.6 Å². The highest BCUT2D eigenvalue weighted by Crippen LogP contribution is 2.37. The summed E-state index contributed by atoms with van der Waals surface area (Å²) in [5.41, 5.74) is 2.06. The molecule has 37 heavy (non-hydrogen) atoms. The summed E-state index contributed by atoms with van der Waals surface area (Å²) in [5.74, 6) is -0.00452. The first-order chi connectivity index (χ1) is 17.7. The van der Waals surface area contributed by atoms with E-state index in [0.29, 0.717) is 34.4 Å². The molecule has 1 fully saturated rings. The Morgan fingerprint density at radius 3 is 2.59 bits per heavy atom. The van der Waals surface area contributed by atoms with E-state index in [1.807, 2.05) is 30.3 Å². The van der Waals surface area contributed by atoms with Crippen LogP contribution < -0.4 is 14.8 Å². The predicted molar refractivity (Wildman–Crippen MR) is 157 cm³/mol. The van der Waals surface area contributed by atoms with Crippen LogP contribution in [0.3, 0.4) is 0 Å². The Bertz CT molecular complexity index is 1400. The number of carbonyl (C=O) groups excluding carboxylic acids is 3. The van der Waals surface area contributed by atoms with Gasteiger partial charge in [-0.1, -0.05) is 51.8 Å². The number of imide groups is 1. The van der Waals surface area contributed by atoms with Gasteiger partial charge in [0.1, 0.15) is 13.2 Å². The van der Waals surface area contributed by atoms with Gasteiger partial charge >= 0.3 is 0 Å². The number of nitrogens with zero attached hydrogens (tertiary/aromatic N) is 1. The highest BCUT2D eigenvalue weighted by atomic mass is 127. The van der Waals surface area contributed by atoms with Crippen LogP contribution in [0, 0.1) is 3.57 Å². The zero-order chi connectivity index (χ0) is 26.5. The van der Waals surface area contributed by atoms with Gasteiger partial charge < -0.3 is 14.8 Å². The first-order valence-electron chi connectivity index (χ1n) is 10.8. The molecule has 1 aliphatic heterocycles. The summed E-state index contributed by atoms with van der Waals surface area (Å²) in [4.78, 5) is 39.0. The third-order valence-corrected chi connectivity index (χ3v) is 7.74. The minimum atomic E-state index is -0.547. The number of methoxy groups -OCH3 is 1. The lowest BCUT2D eigenvalue weighted by molar-refractivity contribution is -0.127. The molecule has 0 radical (unpaired) electrons. The number of para-hydroxylation sites is 1. The Balaban J connectivity index is 1.47. The van der Waals surface area contributed by atoms with Crippen molar-refractivity contribution in [1.29, 1.82) is 0 Å². The third-order valence-electron chi connectivity index (χ3n) is 5.17. The molecule has 7 nitrogen and oxygen atoms in total. The maximum atomic E-state index is 12.9. The normalized spacial score (nSPS) is 14.3. The molecule has 11 heteroatoms. The zero-order valence-electron chi connectivity index (χ0n) is 19.3. The Morgan fingerprint density at radius 1 is 1.16 bits per heavy atom. The van der Waals surface area contributed by atoms with E-state index in [1.165, 1.54) is 7.11 Å². The van der Waals surface area contributed by atoms with Crippen LogP contribution in [0.15, 0.2) is 70.0 Å². The van der Waals surface area contributed by atoms with Gasteiger partial charge in [-0.2, -0.15) is 0 Å². The van der Waals surface area contributed by atoms with Gasteiger partial charge in [0.15, 0.2) is 11.5 Å². The number of ether oxygens (including phenoxy) is 2. The van der Waals surface area contributed by atoms with Gasteiger partial charge in [0.05, 0.1) is 26.3 Å². The number of benzene rings is 3. The van der Waals surface area contributed by atoms with E-state index in [9.17, 15) is 14.4 Å². The second-order valence-corrected chi connectivity index (χ2v) is 11.2. The minimum Gasteiger partial charge on any atom is -0.493 e. The molecule has 0 atom stereocenters. The lowest BCUT2D eigenvalue weighted by Crippen LogP contribution is -2.36. The molecule has 1 N–H and O–H groups in total. The van der Waals surface area contributed by atoms with Crippen molar-refractivity contribution < 1.29 is 23.9 Å². The van der Waals surface area contributed by atoms with E-state index in [-0.39, 0.29) is 4.91 Å². The highest BCUT2D eigenvalue weighted by Gasteiger charge is 2.36. The largest absolute Gasteiger partial charge is 0.493 e. The monoisotopic (exact) mass is 712 g/mol. The van der Waals surface area contributed by atoms with Crippen molar-refractivity contribution in [3.63, 3.8) is 0 Å². The smallest absolute Gasteiger partial charge is 0.294 e. The van der Waals surface area contributed by atoms with Gasteiger partial charge in [-0.3, -0.25) is 19.3 Å². The number of carbonyl (C=O) groups is 3. The summed E-state index contributed by atoms with van der Waals surface area (Å²) >= 11 is 12.4. The molecular weight excluding hydrogens is 695 g/mol. The number of nitrogens with one attached hydrogen (secondary N) is 1. The van der Waals surface area contributed by atoms with Crippen molar-refractivity contribution >= 4 is 90.7 Å². The van der Waals surface area contributed by atoms with Crippen molar-refractivity contribution in [1.82, 2.24) is 4.90 Å². The third kappa shape index (κ3) is 6.86. The lowest BCUT2D eigenvalue weighted by Gasteiger charge is -2.14. The van der Waals surface area contributed by atoms with Gasteiger partial charge in [0.25, 0.3) is 11.1 Å². The van der Waals surface area contributed by atoms with Gasteiger partial charge in [0, 0.05) is 4.47 Å². The zero-order valence-corrected chi connectivity index (χ0v) is 24.6. The number of halogens is 3. The van der Waals surface area contributed by atoms with Gasteiger partial charge in [-0.15, -0.1) is 0 Å². The summed E-state index contributed by atoms with van der Waals surface area (Å²) in [7, 11) is 1.53. The Labute approximate surface area is 244 Å². The molecule has 3 amide bonds. The van der Waals surface area contributed by atoms with E-state index in [2.05, 4.69) is 43.8 Å². The SMILES string of the molecule is COc1cc(/C=C2/SC(=O)N(CC(=O)Nc3ccccc3Cl)C2=O)cc(I)c1OCc1ccc(Br)cc1. The van der Waals surface area contributed by atoms with E-state index in [4.69, 9.17) is 21.1 Å². The first-order valence-corrected chi connectivity index (χ1v) is 13.9. The molecule has 1 saturated heterocycles. The summed E-state index contributed by atoms with van der Waals surface area (Å²) < 4.78 is 13.3. The number of thioether (sulfide) groups is 1. The van der Waals surface area contributed by atoms with Gasteiger partial charge in [0.2, 0.25) is 5.91 Å². The molecule has 0 unspecified atom stereocenters. The number of hydrogen-bond donors (Lipinski definition) is 1. The molecular formula is C26H19BrClIN2O5S. The second kappa shape index (κ2) is 12.3. The first kappa shape index (κ1) is 27.5. The average molecular weight is 714 g/mol. The van der Waals surface area contributed by atoms with Crippen LogP contribution in [0.25, 0.3) is 6.08 Å². The molecule has 4 rings (SSSR count). The van der Waals surface area contributed by atoms with Crippen molar-refractivity contribution in [2.24, 2.45) is 0 Å². The lowest BCUT2D eigenvalue weighted by atomic mass is 10.1. The number of anilines is 1.